The van der Waals surface area contributed by atoms with E-state index in [0.717, 1.165) is 10.9 Å². The van der Waals surface area contributed by atoms with Gasteiger partial charge < -0.3 is 14.6 Å². The number of aryl methyl sites for hydroxylation is 1. The van der Waals surface area contributed by atoms with E-state index in [0.29, 0.717) is 22.2 Å². The van der Waals surface area contributed by atoms with E-state index in [4.69, 9.17) is 20.9 Å². The Balaban J connectivity index is 1.52. The van der Waals surface area contributed by atoms with Gasteiger partial charge in [-0.3, -0.25) is 4.79 Å². The quantitative estimate of drug-likeness (QED) is 0.577. The Hall–Kier alpha value is -2.38. The van der Waals surface area contributed by atoms with Crippen molar-refractivity contribution in [2.24, 2.45) is 0 Å². The fraction of sp³-hybridized carbons (Fsp3) is 0.211. The van der Waals surface area contributed by atoms with Crippen LogP contribution in [0.4, 0.5) is 0 Å². The normalized spacial score (nSPS) is 10.6. The summed E-state index contributed by atoms with van der Waals surface area (Å²) < 4.78 is 11.5. The summed E-state index contributed by atoms with van der Waals surface area (Å²) in [5, 5.41) is 7.10. The lowest BCUT2D eigenvalue weighted by Crippen LogP contribution is -2.28. The number of rotatable bonds is 7. The highest BCUT2D eigenvalue weighted by atomic mass is 79.9. The molecule has 27 heavy (non-hydrogen) atoms. The zero-order valence-electron chi connectivity index (χ0n) is 14.5. The predicted octanol–water partition coefficient (Wildman–Crippen LogP) is 4.41. The highest BCUT2D eigenvalue weighted by Gasteiger charge is 2.12. The standard InChI is InChI=1S/C19H17BrClN3O3/c1-2-12-7-8-16(14(20)9-12)26-11-17(25)22-10-18-23-19(24-27-18)13-5-3-4-6-15(13)21/h3-9H,2,10-11H2,1H3,(H,22,25). The summed E-state index contributed by atoms with van der Waals surface area (Å²) in [6.07, 6.45) is 0.930. The van der Waals surface area contributed by atoms with Crippen LogP contribution >= 0.6 is 27.5 Å². The molecule has 0 aliphatic rings. The van der Waals surface area contributed by atoms with E-state index < -0.39 is 0 Å². The van der Waals surface area contributed by atoms with Crippen LogP contribution in [-0.4, -0.2) is 22.7 Å². The molecule has 0 aliphatic heterocycles. The summed E-state index contributed by atoms with van der Waals surface area (Å²) in [5.74, 6) is 0.980. The number of hydrogen-bond donors (Lipinski definition) is 1. The van der Waals surface area contributed by atoms with E-state index in [1.54, 1.807) is 12.1 Å². The van der Waals surface area contributed by atoms with Gasteiger partial charge in [0, 0.05) is 5.56 Å². The number of benzene rings is 2. The van der Waals surface area contributed by atoms with Crippen molar-refractivity contribution >= 4 is 33.4 Å². The third kappa shape index (κ3) is 5.08. The predicted molar refractivity (Wildman–Crippen MR) is 106 cm³/mol. The molecule has 0 spiro atoms. The van der Waals surface area contributed by atoms with E-state index in [9.17, 15) is 4.79 Å². The van der Waals surface area contributed by atoms with Gasteiger partial charge in [0.2, 0.25) is 11.7 Å². The Labute approximate surface area is 170 Å². The largest absolute Gasteiger partial charge is 0.483 e. The molecule has 1 aromatic heterocycles. The molecule has 0 saturated heterocycles. The monoisotopic (exact) mass is 449 g/mol. The first-order valence-electron chi connectivity index (χ1n) is 8.32. The first kappa shape index (κ1) is 19.4. The number of amides is 1. The van der Waals surface area contributed by atoms with Crippen molar-refractivity contribution in [1.29, 1.82) is 0 Å². The van der Waals surface area contributed by atoms with Gasteiger partial charge in [-0.2, -0.15) is 4.98 Å². The van der Waals surface area contributed by atoms with Gasteiger partial charge in [0.1, 0.15) is 5.75 Å². The molecular formula is C19H17BrClN3O3. The average Bonchev–Trinajstić information content (AvgIpc) is 3.14. The molecule has 0 radical (unpaired) electrons. The minimum atomic E-state index is -0.293. The molecule has 1 heterocycles. The lowest BCUT2D eigenvalue weighted by molar-refractivity contribution is -0.123. The molecule has 0 unspecified atom stereocenters. The molecule has 3 aromatic rings. The van der Waals surface area contributed by atoms with Crippen LogP contribution in [0.25, 0.3) is 11.4 Å². The lowest BCUT2D eigenvalue weighted by Gasteiger charge is -2.09. The highest BCUT2D eigenvalue weighted by molar-refractivity contribution is 9.10. The minimum absolute atomic E-state index is 0.107. The van der Waals surface area contributed by atoms with Crippen LogP contribution in [0.15, 0.2) is 51.5 Å². The van der Waals surface area contributed by atoms with Gasteiger partial charge in [-0.15, -0.1) is 0 Å². The summed E-state index contributed by atoms with van der Waals surface area (Å²) in [5.41, 5.74) is 1.86. The summed E-state index contributed by atoms with van der Waals surface area (Å²) >= 11 is 9.56. The molecule has 0 atom stereocenters. The summed E-state index contributed by atoms with van der Waals surface area (Å²) in [6.45, 7) is 2.07. The second kappa shape index (κ2) is 9.01. The molecule has 1 amide bonds. The summed E-state index contributed by atoms with van der Waals surface area (Å²) in [4.78, 5) is 16.2. The Bertz CT molecular complexity index is 945. The fourth-order valence-electron chi connectivity index (χ4n) is 2.33. The molecule has 3 rings (SSSR count). The third-order valence-corrected chi connectivity index (χ3v) is 4.73. The number of hydrogen-bond acceptors (Lipinski definition) is 5. The van der Waals surface area contributed by atoms with Crippen molar-refractivity contribution in [3.05, 3.63) is 63.4 Å². The lowest BCUT2D eigenvalue weighted by atomic mass is 10.2. The molecule has 0 saturated carbocycles. The van der Waals surface area contributed by atoms with Crippen LogP contribution in [0.2, 0.25) is 5.02 Å². The Morgan fingerprint density at radius 3 is 2.85 bits per heavy atom. The van der Waals surface area contributed by atoms with Crippen LogP contribution in [0.5, 0.6) is 5.75 Å². The third-order valence-electron chi connectivity index (χ3n) is 3.78. The molecule has 6 nitrogen and oxygen atoms in total. The Morgan fingerprint density at radius 1 is 1.30 bits per heavy atom. The molecule has 0 bridgehead atoms. The maximum absolute atomic E-state index is 12.0. The SMILES string of the molecule is CCc1ccc(OCC(=O)NCc2nc(-c3ccccc3Cl)no2)c(Br)c1. The van der Waals surface area contributed by atoms with Gasteiger partial charge in [-0.05, 0) is 52.2 Å². The second-order valence-corrected chi connectivity index (χ2v) is 6.94. The number of carbonyl (C=O) groups is 1. The van der Waals surface area contributed by atoms with Crippen LogP contribution in [0, 0.1) is 0 Å². The molecule has 2 aromatic carbocycles. The van der Waals surface area contributed by atoms with Gasteiger partial charge in [0.05, 0.1) is 16.0 Å². The minimum Gasteiger partial charge on any atom is -0.483 e. The van der Waals surface area contributed by atoms with Crippen LogP contribution in [0.1, 0.15) is 18.4 Å². The van der Waals surface area contributed by atoms with Gasteiger partial charge in [-0.1, -0.05) is 41.9 Å². The van der Waals surface area contributed by atoms with E-state index in [1.165, 1.54) is 5.56 Å². The first-order valence-corrected chi connectivity index (χ1v) is 9.49. The number of halogens is 2. The number of carbonyl (C=O) groups excluding carboxylic acids is 1. The van der Waals surface area contributed by atoms with Gasteiger partial charge >= 0.3 is 0 Å². The molecule has 8 heteroatoms. The van der Waals surface area contributed by atoms with E-state index in [2.05, 4.69) is 38.3 Å². The highest BCUT2D eigenvalue weighted by Crippen LogP contribution is 2.26. The second-order valence-electron chi connectivity index (χ2n) is 5.68. The van der Waals surface area contributed by atoms with Crippen molar-refractivity contribution in [3.63, 3.8) is 0 Å². The van der Waals surface area contributed by atoms with Crippen molar-refractivity contribution in [2.45, 2.75) is 19.9 Å². The number of nitrogens with one attached hydrogen (secondary N) is 1. The van der Waals surface area contributed by atoms with E-state index in [1.807, 2.05) is 30.3 Å². The maximum atomic E-state index is 12.0. The fourth-order valence-corrected chi connectivity index (χ4v) is 3.09. The van der Waals surface area contributed by atoms with E-state index in [-0.39, 0.29) is 24.9 Å². The summed E-state index contributed by atoms with van der Waals surface area (Å²) in [7, 11) is 0. The number of aromatic nitrogens is 2. The Kier molecular flexibility index (Phi) is 6.47. The van der Waals surface area contributed by atoms with Gasteiger partial charge in [0.15, 0.2) is 6.61 Å². The average molecular weight is 451 g/mol. The van der Waals surface area contributed by atoms with Crippen molar-refractivity contribution in [3.8, 4) is 17.1 Å². The number of ether oxygens (including phenoxy) is 1. The molecule has 0 fully saturated rings. The molecule has 0 aliphatic carbocycles. The van der Waals surface area contributed by atoms with Crippen LogP contribution < -0.4 is 10.1 Å². The van der Waals surface area contributed by atoms with Crippen LogP contribution in [0.3, 0.4) is 0 Å². The van der Waals surface area contributed by atoms with Crippen molar-refractivity contribution in [2.75, 3.05) is 6.61 Å². The zero-order valence-corrected chi connectivity index (χ0v) is 16.9. The van der Waals surface area contributed by atoms with Gasteiger partial charge in [0.25, 0.3) is 5.91 Å². The molecular weight excluding hydrogens is 434 g/mol. The molecule has 1 N–H and O–H groups in total. The van der Waals surface area contributed by atoms with Gasteiger partial charge in [-0.25, -0.2) is 0 Å². The Morgan fingerprint density at radius 2 is 2.11 bits per heavy atom. The summed E-state index contributed by atoms with van der Waals surface area (Å²) in [6, 6.07) is 13.0. The van der Waals surface area contributed by atoms with Crippen molar-refractivity contribution < 1.29 is 14.1 Å². The van der Waals surface area contributed by atoms with E-state index >= 15 is 0 Å². The van der Waals surface area contributed by atoms with Crippen molar-refractivity contribution in [1.82, 2.24) is 15.5 Å². The smallest absolute Gasteiger partial charge is 0.258 e. The zero-order chi connectivity index (χ0) is 19.2. The topological polar surface area (TPSA) is 77.2 Å². The molecule has 140 valence electrons. The maximum Gasteiger partial charge on any atom is 0.258 e. The first-order chi connectivity index (χ1) is 13.1. The number of nitrogens with zero attached hydrogens (tertiary/aromatic N) is 2. The van der Waals surface area contributed by atoms with Crippen LogP contribution in [-0.2, 0) is 17.8 Å².